The summed E-state index contributed by atoms with van der Waals surface area (Å²) in [6, 6.07) is 9.63. The molecule has 0 unspecified atom stereocenters. The number of nitrogens with zero attached hydrogens (tertiary/aromatic N) is 1. The molecule has 124 valence electrons. The highest BCUT2D eigenvalue weighted by molar-refractivity contribution is 7.09. The molecule has 0 aliphatic carbocycles. The van der Waals surface area contributed by atoms with Crippen LogP contribution in [0.4, 0.5) is 5.69 Å². The van der Waals surface area contributed by atoms with E-state index in [0.29, 0.717) is 25.5 Å². The number of hydrogen-bond acceptors (Lipinski definition) is 4. The maximum absolute atomic E-state index is 12.7. The predicted molar refractivity (Wildman–Crippen MR) is 96.9 cm³/mol. The van der Waals surface area contributed by atoms with Gasteiger partial charge in [-0.3, -0.25) is 4.79 Å². The van der Waals surface area contributed by atoms with Crippen LogP contribution in [0.15, 0.2) is 60.0 Å². The van der Waals surface area contributed by atoms with Crippen molar-refractivity contribution in [2.24, 2.45) is 0 Å². The van der Waals surface area contributed by atoms with Gasteiger partial charge in [-0.2, -0.15) is 0 Å². The summed E-state index contributed by atoms with van der Waals surface area (Å²) in [5.41, 5.74) is 0.794. The fraction of sp³-hybridized carbons (Fsp3) is 0.211. The van der Waals surface area contributed by atoms with Gasteiger partial charge in [0.05, 0.1) is 6.54 Å². The van der Waals surface area contributed by atoms with Crippen LogP contribution < -0.4 is 14.4 Å². The minimum absolute atomic E-state index is 0.0711. The fourth-order valence-electron chi connectivity index (χ4n) is 2.39. The lowest BCUT2D eigenvalue weighted by Crippen LogP contribution is -2.28. The van der Waals surface area contributed by atoms with Gasteiger partial charge in [0.15, 0.2) is 11.5 Å². The molecule has 1 aromatic carbocycles. The zero-order valence-corrected chi connectivity index (χ0v) is 14.3. The number of ether oxygens (including phenoxy) is 2. The molecule has 0 N–H and O–H groups in total. The molecule has 5 heteroatoms. The highest BCUT2D eigenvalue weighted by Crippen LogP contribution is 2.34. The Hall–Kier alpha value is -2.53. The predicted octanol–water partition coefficient (Wildman–Crippen LogP) is 4.18. The van der Waals surface area contributed by atoms with Gasteiger partial charge in [0.2, 0.25) is 0 Å². The van der Waals surface area contributed by atoms with Crippen LogP contribution in [0.25, 0.3) is 0 Å². The first-order chi connectivity index (χ1) is 11.8. The van der Waals surface area contributed by atoms with E-state index in [1.165, 1.54) is 0 Å². The minimum Gasteiger partial charge on any atom is -0.486 e. The highest BCUT2D eigenvalue weighted by atomic mass is 32.1. The van der Waals surface area contributed by atoms with E-state index < -0.39 is 0 Å². The number of thiophene rings is 1. The number of carbonyl (C=O) groups excluding carboxylic acids is 1. The maximum Gasteiger partial charge on any atom is 0.251 e. The second-order valence-corrected chi connectivity index (χ2v) is 6.25. The Morgan fingerprint density at radius 3 is 2.79 bits per heavy atom. The Kier molecular flexibility index (Phi) is 5.33. The molecule has 24 heavy (non-hydrogen) atoms. The molecule has 1 amide bonds. The van der Waals surface area contributed by atoms with Crippen LogP contribution in [0.1, 0.15) is 11.8 Å². The van der Waals surface area contributed by atoms with E-state index in [4.69, 9.17) is 9.47 Å². The second kappa shape index (κ2) is 7.84. The summed E-state index contributed by atoms with van der Waals surface area (Å²) in [5.74, 6) is 1.33. The van der Waals surface area contributed by atoms with Crippen molar-refractivity contribution < 1.29 is 14.3 Å². The van der Waals surface area contributed by atoms with Gasteiger partial charge in [0.1, 0.15) is 13.2 Å². The monoisotopic (exact) mass is 341 g/mol. The molecule has 1 aromatic heterocycles. The van der Waals surface area contributed by atoms with Gasteiger partial charge >= 0.3 is 0 Å². The highest BCUT2D eigenvalue weighted by Gasteiger charge is 2.18. The lowest BCUT2D eigenvalue weighted by molar-refractivity contribution is -0.114. The van der Waals surface area contributed by atoms with Crippen LogP contribution in [0.3, 0.4) is 0 Å². The van der Waals surface area contributed by atoms with Gasteiger partial charge in [-0.1, -0.05) is 24.3 Å². The number of anilines is 1. The third kappa shape index (κ3) is 3.86. The van der Waals surface area contributed by atoms with E-state index in [-0.39, 0.29) is 5.91 Å². The number of hydrogen-bond donors (Lipinski definition) is 0. The van der Waals surface area contributed by atoms with Crippen LogP contribution in [-0.2, 0) is 11.3 Å². The van der Waals surface area contributed by atoms with Crippen molar-refractivity contribution in [3.63, 3.8) is 0 Å². The van der Waals surface area contributed by atoms with Crippen molar-refractivity contribution in [1.29, 1.82) is 0 Å². The first-order valence-electron chi connectivity index (χ1n) is 7.81. The number of benzene rings is 1. The molecule has 0 bridgehead atoms. The zero-order valence-electron chi connectivity index (χ0n) is 13.5. The van der Waals surface area contributed by atoms with Gasteiger partial charge in [0, 0.05) is 22.7 Å². The summed E-state index contributed by atoms with van der Waals surface area (Å²) in [6.07, 6.45) is 7.05. The Labute approximate surface area is 145 Å². The number of fused-ring (bicyclic) bond motifs is 1. The average molecular weight is 341 g/mol. The molecular weight excluding hydrogens is 322 g/mol. The molecular formula is C19H19NO3S. The largest absolute Gasteiger partial charge is 0.486 e. The topological polar surface area (TPSA) is 38.8 Å². The molecule has 2 heterocycles. The first-order valence-corrected chi connectivity index (χ1v) is 8.69. The fourth-order valence-corrected chi connectivity index (χ4v) is 3.09. The first kappa shape index (κ1) is 16.3. The Morgan fingerprint density at radius 2 is 2.04 bits per heavy atom. The van der Waals surface area contributed by atoms with E-state index in [9.17, 15) is 4.79 Å². The van der Waals surface area contributed by atoms with Crippen molar-refractivity contribution in [2.45, 2.75) is 13.5 Å². The summed E-state index contributed by atoms with van der Waals surface area (Å²) in [7, 11) is 0. The van der Waals surface area contributed by atoms with E-state index >= 15 is 0 Å². The molecule has 0 radical (unpaired) electrons. The molecule has 0 atom stereocenters. The van der Waals surface area contributed by atoms with Crippen molar-refractivity contribution in [2.75, 3.05) is 18.1 Å². The van der Waals surface area contributed by atoms with Crippen LogP contribution in [0.2, 0.25) is 0 Å². The minimum atomic E-state index is -0.0711. The third-order valence-electron chi connectivity index (χ3n) is 3.54. The third-order valence-corrected chi connectivity index (χ3v) is 4.40. The zero-order chi connectivity index (χ0) is 16.8. The Balaban J connectivity index is 1.89. The lowest BCUT2D eigenvalue weighted by Gasteiger charge is -2.24. The summed E-state index contributed by atoms with van der Waals surface area (Å²) in [6.45, 7) is 3.52. The van der Waals surface area contributed by atoms with Crippen LogP contribution in [0, 0.1) is 0 Å². The van der Waals surface area contributed by atoms with E-state index in [1.54, 1.807) is 28.4 Å². The van der Waals surface area contributed by atoms with Crippen molar-refractivity contribution in [3.05, 3.63) is 64.9 Å². The van der Waals surface area contributed by atoms with Crippen LogP contribution >= 0.6 is 11.3 Å². The maximum atomic E-state index is 12.7. The summed E-state index contributed by atoms with van der Waals surface area (Å²) in [5, 5.41) is 2.01. The van der Waals surface area contributed by atoms with Gasteiger partial charge in [0.25, 0.3) is 5.91 Å². The molecule has 3 rings (SSSR count). The quantitative estimate of drug-likeness (QED) is 0.605. The van der Waals surface area contributed by atoms with E-state index in [1.807, 2.05) is 54.8 Å². The van der Waals surface area contributed by atoms with Crippen molar-refractivity contribution in [3.8, 4) is 11.5 Å². The molecule has 4 nitrogen and oxygen atoms in total. The molecule has 0 spiro atoms. The normalized spacial score (nSPS) is 13.5. The number of rotatable bonds is 5. The molecule has 1 aliphatic heterocycles. The van der Waals surface area contributed by atoms with Crippen molar-refractivity contribution >= 4 is 22.9 Å². The number of carbonyl (C=O) groups is 1. The second-order valence-electron chi connectivity index (χ2n) is 5.22. The Bertz CT molecular complexity index is 750. The molecule has 2 aromatic rings. The van der Waals surface area contributed by atoms with E-state index in [2.05, 4.69) is 0 Å². The van der Waals surface area contributed by atoms with Crippen molar-refractivity contribution in [1.82, 2.24) is 0 Å². The van der Waals surface area contributed by atoms with Gasteiger partial charge < -0.3 is 14.4 Å². The smallest absolute Gasteiger partial charge is 0.251 e. The van der Waals surface area contributed by atoms with Gasteiger partial charge in [-0.25, -0.2) is 0 Å². The summed E-state index contributed by atoms with van der Waals surface area (Å²) >= 11 is 1.63. The van der Waals surface area contributed by atoms with Gasteiger partial charge in [-0.05, 0) is 30.5 Å². The standard InChI is InChI=1S/C19H19NO3S/c1-2-3-4-7-19(21)20(14-16-6-5-12-24-16)15-8-9-17-18(13-15)23-11-10-22-17/h2-9,12-13H,10-11,14H2,1H3/b3-2+,7-4+. The SMILES string of the molecule is C/C=C/C=C/C(=O)N(Cc1cccs1)c1ccc2c(c1)OCCO2. The lowest BCUT2D eigenvalue weighted by atomic mass is 10.2. The van der Waals surface area contributed by atoms with E-state index in [0.717, 1.165) is 16.3 Å². The number of allylic oxidation sites excluding steroid dienone is 3. The number of amides is 1. The molecule has 1 aliphatic rings. The summed E-state index contributed by atoms with van der Waals surface area (Å²) < 4.78 is 11.2. The van der Waals surface area contributed by atoms with Gasteiger partial charge in [-0.15, -0.1) is 11.3 Å². The van der Waals surface area contributed by atoms with Crippen LogP contribution in [0.5, 0.6) is 11.5 Å². The molecule has 0 saturated carbocycles. The van der Waals surface area contributed by atoms with Crippen LogP contribution in [-0.4, -0.2) is 19.1 Å². The Morgan fingerprint density at radius 1 is 1.21 bits per heavy atom. The summed E-state index contributed by atoms with van der Waals surface area (Å²) in [4.78, 5) is 15.5. The molecule has 0 fully saturated rings. The molecule has 0 saturated heterocycles. The average Bonchev–Trinajstić information content (AvgIpc) is 3.12.